The summed E-state index contributed by atoms with van der Waals surface area (Å²) in [6, 6.07) is 9.45. The number of amides is 2. The number of carbonyl (C=O) groups excluding carboxylic acids is 2. The zero-order chi connectivity index (χ0) is 17.0. The summed E-state index contributed by atoms with van der Waals surface area (Å²) in [5.41, 5.74) is 1.07. The van der Waals surface area contributed by atoms with Gasteiger partial charge >= 0.3 is 0 Å². The first-order chi connectivity index (χ1) is 10.9. The number of benzene rings is 1. The molecule has 3 unspecified atom stereocenters. The molecule has 0 spiro atoms. The van der Waals surface area contributed by atoms with Gasteiger partial charge in [-0.1, -0.05) is 44.2 Å². The van der Waals surface area contributed by atoms with Crippen LogP contribution in [0.1, 0.15) is 45.7 Å². The molecule has 0 radical (unpaired) electrons. The van der Waals surface area contributed by atoms with Crippen molar-refractivity contribution in [3.05, 3.63) is 35.9 Å². The van der Waals surface area contributed by atoms with Crippen LogP contribution in [0.25, 0.3) is 0 Å². The number of nitrogens with one attached hydrogen (secondary N) is 1. The maximum atomic E-state index is 12.7. The molecule has 2 amide bonds. The van der Waals surface area contributed by atoms with E-state index in [1.807, 2.05) is 37.3 Å². The summed E-state index contributed by atoms with van der Waals surface area (Å²) in [5, 5.41) is 3.16. The van der Waals surface area contributed by atoms with Crippen LogP contribution in [0.2, 0.25) is 0 Å². The van der Waals surface area contributed by atoms with Crippen LogP contribution in [0.5, 0.6) is 0 Å². The Morgan fingerprint density at radius 2 is 1.91 bits per heavy atom. The molecule has 2 rings (SSSR count). The van der Waals surface area contributed by atoms with Gasteiger partial charge in [-0.25, -0.2) is 0 Å². The predicted octanol–water partition coefficient (Wildman–Crippen LogP) is 3.20. The number of hydrogen-bond acceptors (Lipinski definition) is 3. The highest BCUT2D eigenvalue weighted by molar-refractivity contribution is 8.00. The van der Waals surface area contributed by atoms with E-state index in [0.717, 1.165) is 12.0 Å². The van der Waals surface area contributed by atoms with Gasteiger partial charge in [-0.15, -0.1) is 11.8 Å². The quantitative estimate of drug-likeness (QED) is 0.899. The molecule has 1 heterocycles. The first kappa shape index (κ1) is 17.9. The summed E-state index contributed by atoms with van der Waals surface area (Å²) in [6.07, 6.45) is 0.919. The Morgan fingerprint density at radius 3 is 2.48 bits per heavy atom. The molecule has 0 saturated carbocycles. The highest BCUT2D eigenvalue weighted by atomic mass is 32.2. The topological polar surface area (TPSA) is 49.4 Å². The lowest BCUT2D eigenvalue weighted by atomic mass is 10.1. The van der Waals surface area contributed by atoms with E-state index in [1.54, 1.807) is 23.6 Å². The maximum absolute atomic E-state index is 12.7. The van der Waals surface area contributed by atoms with Crippen LogP contribution in [-0.4, -0.2) is 33.9 Å². The van der Waals surface area contributed by atoms with Crippen LogP contribution in [0.4, 0.5) is 0 Å². The molecule has 1 aromatic carbocycles. The molecule has 1 saturated heterocycles. The average molecular weight is 334 g/mol. The van der Waals surface area contributed by atoms with Gasteiger partial charge in [-0.05, 0) is 24.8 Å². The molecular formula is C18H26N2O2S. The fourth-order valence-electron chi connectivity index (χ4n) is 2.91. The Morgan fingerprint density at radius 1 is 1.26 bits per heavy atom. The summed E-state index contributed by atoms with van der Waals surface area (Å²) in [5.74, 6) is 1.09. The van der Waals surface area contributed by atoms with Crippen molar-refractivity contribution in [3.63, 3.8) is 0 Å². The lowest BCUT2D eigenvalue weighted by Crippen LogP contribution is -2.49. The van der Waals surface area contributed by atoms with Crippen LogP contribution in [0.3, 0.4) is 0 Å². The van der Waals surface area contributed by atoms with Crippen LogP contribution in [-0.2, 0) is 9.59 Å². The Hall–Kier alpha value is -1.49. The molecule has 23 heavy (non-hydrogen) atoms. The molecule has 1 N–H and O–H groups in total. The molecule has 1 fully saturated rings. The van der Waals surface area contributed by atoms with E-state index in [-0.39, 0.29) is 29.3 Å². The van der Waals surface area contributed by atoms with E-state index in [9.17, 15) is 9.59 Å². The number of thioether (sulfide) groups is 1. The van der Waals surface area contributed by atoms with Crippen molar-refractivity contribution in [3.8, 4) is 0 Å². The standard InChI is InChI=1S/C18H26N2O2S/c1-12(2)10-17-20(14(4)21)16(11-23-17)18(22)19-13(3)15-8-6-5-7-9-15/h5-9,12-13,16-17H,10-11H2,1-4H3,(H,19,22). The average Bonchev–Trinajstić information content (AvgIpc) is 2.91. The van der Waals surface area contributed by atoms with Gasteiger partial charge in [0.15, 0.2) is 0 Å². The fraction of sp³-hybridized carbons (Fsp3) is 0.556. The smallest absolute Gasteiger partial charge is 0.244 e. The Kier molecular flexibility index (Phi) is 6.10. The summed E-state index contributed by atoms with van der Waals surface area (Å²) < 4.78 is 0. The van der Waals surface area contributed by atoms with Crippen molar-refractivity contribution < 1.29 is 9.59 Å². The van der Waals surface area contributed by atoms with Gasteiger partial charge in [0.2, 0.25) is 11.8 Å². The van der Waals surface area contributed by atoms with Crippen molar-refractivity contribution in [2.45, 2.75) is 51.6 Å². The second kappa shape index (κ2) is 7.86. The van der Waals surface area contributed by atoms with Gasteiger partial charge in [-0.2, -0.15) is 0 Å². The third-order valence-corrected chi connectivity index (χ3v) is 5.40. The second-order valence-corrected chi connectivity index (χ2v) is 7.71. The summed E-state index contributed by atoms with van der Waals surface area (Å²) in [7, 11) is 0. The lowest BCUT2D eigenvalue weighted by Gasteiger charge is -2.29. The molecule has 4 nitrogen and oxygen atoms in total. The van der Waals surface area contributed by atoms with E-state index >= 15 is 0 Å². The Bertz CT molecular complexity index is 547. The van der Waals surface area contributed by atoms with Crippen molar-refractivity contribution in [1.29, 1.82) is 0 Å². The largest absolute Gasteiger partial charge is 0.348 e. The molecule has 126 valence electrons. The number of hydrogen-bond donors (Lipinski definition) is 1. The zero-order valence-corrected chi connectivity index (χ0v) is 15.1. The third-order valence-electron chi connectivity index (χ3n) is 4.09. The van der Waals surface area contributed by atoms with Crippen LogP contribution in [0.15, 0.2) is 30.3 Å². The second-order valence-electron chi connectivity index (χ2n) is 6.50. The third kappa shape index (κ3) is 4.50. The molecule has 0 aliphatic carbocycles. The first-order valence-electron chi connectivity index (χ1n) is 8.16. The lowest BCUT2D eigenvalue weighted by molar-refractivity contribution is -0.138. The van der Waals surface area contributed by atoms with Gasteiger partial charge in [0.1, 0.15) is 6.04 Å². The maximum Gasteiger partial charge on any atom is 0.244 e. The normalized spacial score (nSPS) is 22.2. The van der Waals surface area contributed by atoms with Gasteiger partial charge in [-0.3, -0.25) is 9.59 Å². The van der Waals surface area contributed by atoms with E-state index in [2.05, 4.69) is 19.2 Å². The number of rotatable bonds is 5. The van der Waals surface area contributed by atoms with Crippen molar-refractivity contribution in [2.24, 2.45) is 5.92 Å². The van der Waals surface area contributed by atoms with E-state index in [1.165, 1.54) is 0 Å². The van der Waals surface area contributed by atoms with Gasteiger partial charge in [0.05, 0.1) is 11.4 Å². The Labute approximate surface area is 143 Å². The molecule has 1 aliphatic rings. The van der Waals surface area contributed by atoms with E-state index in [4.69, 9.17) is 0 Å². The molecule has 5 heteroatoms. The molecule has 0 aromatic heterocycles. The predicted molar refractivity (Wildman–Crippen MR) is 95.0 cm³/mol. The minimum Gasteiger partial charge on any atom is -0.348 e. The molecule has 0 bridgehead atoms. The highest BCUT2D eigenvalue weighted by Crippen LogP contribution is 2.33. The SMILES string of the molecule is CC(=O)N1C(CC(C)C)SCC1C(=O)NC(C)c1ccccc1. The summed E-state index contributed by atoms with van der Waals surface area (Å²) in [4.78, 5) is 26.5. The zero-order valence-electron chi connectivity index (χ0n) is 14.3. The fourth-order valence-corrected chi connectivity index (χ4v) is 4.60. The van der Waals surface area contributed by atoms with Crippen molar-refractivity contribution >= 4 is 23.6 Å². The molecule has 3 atom stereocenters. The summed E-state index contributed by atoms with van der Waals surface area (Å²) >= 11 is 1.71. The molecule has 1 aliphatic heterocycles. The first-order valence-corrected chi connectivity index (χ1v) is 9.20. The minimum atomic E-state index is -0.368. The van der Waals surface area contributed by atoms with Crippen molar-refractivity contribution in [1.82, 2.24) is 10.2 Å². The summed E-state index contributed by atoms with van der Waals surface area (Å²) in [6.45, 7) is 7.81. The monoisotopic (exact) mass is 334 g/mol. The number of carbonyl (C=O) groups is 2. The number of nitrogens with zero attached hydrogens (tertiary/aromatic N) is 1. The molecular weight excluding hydrogens is 308 g/mol. The van der Waals surface area contributed by atoms with Crippen LogP contribution < -0.4 is 5.32 Å². The molecule has 1 aromatic rings. The van der Waals surface area contributed by atoms with Crippen molar-refractivity contribution in [2.75, 3.05) is 5.75 Å². The van der Waals surface area contributed by atoms with Gasteiger partial charge < -0.3 is 10.2 Å². The van der Waals surface area contributed by atoms with Gasteiger partial charge in [0.25, 0.3) is 0 Å². The van der Waals surface area contributed by atoms with Crippen LogP contribution in [0, 0.1) is 5.92 Å². The van der Waals surface area contributed by atoms with E-state index in [0.29, 0.717) is 11.7 Å². The van der Waals surface area contributed by atoms with E-state index < -0.39 is 0 Å². The highest BCUT2D eigenvalue weighted by Gasteiger charge is 2.40. The van der Waals surface area contributed by atoms with Gasteiger partial charge in [0, 0.05) is 12.7 Å². The van der Waals surface area contributed by atoms with Crippen LogP contribution >= 0.6 is 11.8 Å². The Balaban J connectivity index is 2.04. The minimum absolute atomic E-state index is 0.0202.